The molecule has 148 valence electrons. The smallest absolute Gasteiger partial charge is 0.250 e. The number of halogens is 1. The molecule has 2 aromatic carbocycles. The molecule has 1 atom stereocenters. The van der Waals surface area contributed by atoms with Crippen LogP contribution in [0.4, 0.5) is 11.9 Å². The molecule has 1 aromatic heterocycles. The second-order valence-corrected chi connectivity index (χ2v) is 7.79. The van der Waals surface area contributed by atoms with Gasteiger partial charge in [-0.3, -0.25) is 10.1 Å². The van der Waals surface area contributed by atoms with Crippen LogP contribution < -0.4 is 10.6 Å². The molecular formula is C22H22ClN5O. The molecule has 0 radical (unpaired) electrons. The number of carbonyl (C=O) groups excluding carboxylic acids is 1. The van der Waals surface area contributed by atoms with E-state index >= 15 is 0 Å². The number of fused-ring (bicyclic) bond motifs is 1. The lowest BCUT2D eigenvalue weighted by Crippen LogP contribution is -2.20. The maximum absolute atomic E-state index is 12.2. The third-order valence-corrected chi connectivity index (χ3v) is 4.96. The monoisotopic (exact) mass is 407 g/mol. The van der Waals surface area contributed by atoms with E-state index in [-0.39, 0.29) is 23.8 Å². The van der Waals surface area contributed by atoms with Crippen LogP contribution in [0.3, 0.4) is 0 Å². The van der Waals surface area contributed by atoms with E-state index in [2.05, 4.69) is 26.8 Å². The zero-order chi connectivity index (χ0) is 20.4. The van der Waals surface area contributed by atoms with Crippen LogP contribution in [0.1, 0.15) is 37.4 Å². The molecule has 0 aliphatic carbocycles. The standard InChI is InChI=1S/C22H22ClN5O/c1-14(2)12-20(29)25-21-26-22-24-18(15-8-4-3-5-9-15)13-19(28(22)27-21)16-10-6-7-11-17(16)23/h3-11,13-14,19H,12H2,1-2H3,(H2,24,25,26,27,29). The van der Waals surface area contributed by atoms with Crippen molar-refractivity contribution in [2.45, 2.75) is 26.3 Å². The Balaban J connectivity index is 1.73. The Morgan fingerprint density at radius 2 is 1.90 bits per heavy atom. The number of hydrogen-bond acceptors (Lipinski definition) is 4. The lowest BCUT2D eigenvalue weighted by Gasteiger charge is -2.24. The van der Waals surface area contributed by atoms with Crippen LogP contribution in [0.25, 0.3) is 5.70 Å². The van der Waals surface area contributed by atoms with Crippen molar-refractivity contribution in [2.24, 2.45) is 5.92 Å². The maximum atomic E-state index is 12.2. The number of nitrogens with zero attached hydrogens (tertiary/aromatic N) is 3. The highest BCUT2D eigenvalue weighted by Gasteiger charge is 2.27. The zero-order valence-electron chi connectivity index (χ0n) is 16.3. The van der Waals surface area contributed by atoms with Gasteiger partial charge in [-0.15, -0.1) is 5.10 Å². The molecule has 2 heterocycles. The molecule has 0 fully saturated rings. The Hall–Kier alpha value is -3.12. The molecule has 1 unspecified atom stereocenters. The van der Waals surface area contributed by atoms with E-state index in [1.807, 2.05) is 68.4 Å². The van der Waals surface area contributed by atoms with Crippen molar-refractivity contribution in [2.75, 3.05) is 10.6 Å². The van der Waals surface area contributed by atoms with Gasteiger partial charge in [-0.1, -0.05) is 74.0 Å². The van der Waals surface area contributed by atoms with Crippen molar-refractivity contribution in [1.29, 1.82) is 0 Å². The van der Waals surface area contributed by atoms with E-state index in [1.165, 1.54) is 0 Å². The molecule has 1 aliphatic heterocycles. The van der Waals surface area contributed by atoms with Crippen molar-refractivity contribution in [3.63, 3.8) is 0 Å². The summed E-state index contributed by atoms with van der Waals surface area (Å²) in [7, 11) is 0. The van der Waals surface area contributed by atoms with E-state index in [0.717, 1.165) is 16.8 Å². The van der Waals surface area contributed by atoms with Crippen LogP contribution in [0.15, 0.2) is 60.7 Å². The average Bonchev–Trinajstić information content (AvgIpc) is 3.10. The fraction of sp³-hybridized carbons (Fsp3) is 0.227. The topological polar surface area (TPSA) is 71.8 Å². The number of aromatic nitrogens is 3. The molecule has 6 nitrogen and oxygen atoms in total. The number of carbonyl (C=O) groups is 1. The fourth-order valence-corrected chi connectivity index (χ4v) is 3.56. The number of amides is 1. The normalized spacial score (nSPS) is 15.4. The van der Waals surface area contributed by atoms with E-state index < -0.39 is 0 Å². The quantitative estimate of drug-likeness (QED) is 0.626. The van der Waals surface area contributed by atoms with Crippen LogP contribution in [-0.4, -0.2) is 20.7 Å². The molecule has 0 saturated heterocycles. The van der Waals surface area contributed by atoms with Gasteiger partial charge in [-0.2, -0.15) is 4.98 Å². The van der Waals surface area contributed by atoms with Crippen molar-refractivity contribution in [3.05, 3.63) is 76.8 Å². The van der Waals surface area contributed by atoms with Gasteiger partial charge in [0.15, 0.2) is 0 Å². The molecule has 1 aliphatic rings. The second kappa shape index (κ2) is 8.09. The zero-order valence-corrected chi connectivity index (χ0v) is 17.0. The number of nitrogens with one attached hydrogen (secondary N) is 2. The Kier molecular flexibility index (Phi) is 5.36. The fourth-order valence-electron chi connectivity index (χ4n) is 3.32. The predicted octanol–water partition coefficient (Wildman–Crippen LogP) is 4.97. The van der Waals surface area contributed by atoms with Gasteiger partial charge in [0, 0.05) is 17.1 Å². The van der Waals surface area contributed by atoms with Crippen molar-refractivity contribution >= 4 is 35.1 Å². The van der Waals surface area contributed by atoms with E-state index in [4.69, 9.17) is 11.6 Å². The molecule has 7 heteroatoms. The Morgan fingerprint density at radius 1 is 1.17 bits per heavy atom. The van der Waals surface area contributed by atoms with Crippen LogP contribution in [0.2, 0.25) is 5.02 Å². The van der Waals surface area contributed by atoms with Crippen molar-refractivity contribution < 1.29 is 4.79 Å². The summed E-state index contributed by atoms with van der Waals surface area (Å²) in [6.07, 6.45) is 2.48. The van der Waals surface area contributed by atoms with Crippen LogP contribution >= 0.6 is 11.6 Å². The second-order valence-electron chi connectivity index (χ2n) is 7.39. The van der Waals surface area contributed by atoms with Gasteiger partial charge in [0.25, 0.3) is 5.95 Å². The van der Waals surface area contributed by atoms with Crippen LogP contribution in [0.5, 0.6) is 0 Å². The Bertz CT molecular complexity index is 1060. The summed E-state index contributed by atoms with van der Waals surface area (Å²) < 4.78 is 1.75. The Morgan fingerprint density at radius 3 is 2.62 bits per heavy atom. The van der Waals surface area contributed by atoms with Gasteiger partial charge >= 0.3 is 0 Å². The minimum atomic E-state index is -0.251. The van der Waals surface area contributed by atoms with Gasteiger partial charge < -0.3 is 5.32 Å². The van der Waals surface area contributed by atoms with Crippen LogP contribution in [-0.2, 0) is 4.79 Å². The molecule has 0 saturated carbocycles. The summed E-state index contributed by atoms with van der Waals surface area (Å²) in [5.41, 5.74) is 2.86. The SMILES string of the molecule is CC(C)CC(=O)Nc1nc2n(n1)C(c1ccccc1Cl)C=C(c1ccccc1)N2. The van der Waals surface area contributed by atoms with Gasteiger partial charge in [0.05, 0.1) is 0 Å². The van der Waals surface area contributed by atoms with Gasteiger partial charge in [-0.25, -0.2) is 4.68 Å². The summed E-state index contributed by atoms with van der Waals surface area (Å²) in [4.78, 5) is 16.7. The maximum Gasteiger partial charge on any atom is 0.250 e. The number of allylic oxidation sites excluding steroid dienone is 1. The Labute approximate surface area is 174 Å². The molecular weight excluding hydrogens is 386 g/mol. The number of rotatable bonds is 5. The molecule has 0 spiro atoms. The summed E-state index contributed by atoms with van der Waals surface area (Å²) in [5.74, 6) is 0.982. The van der Waals surface area contributed by atoms with Gasteiger partial charge in [-0.05, 0) is 29.2 Å². The molecule has 3 aromatic rings. The molecule has 2 N–H and O–H groups in total. The largest absolute Gasteiger partial charge is 0.324 e. The minimum Gasteiger partial charge on any atom is -0.324 e. The third kappa shape index (κ3) is 4.17. The number of benzene rings is 2. The third-order valence-electron chi connectivity index (χ3n) is 4.62. The highest BCUT2D eigenvalue weighted by Crippen LogP contribution is 2.35. The molecule has 29 heavy (non-hydrogen) atoms. The first-order valence-electron chi connectivity index (χ1n) is 9.56. The summed E-state index contributed by atoms with van der Waals surface area (Å²) >= 11 is 6.49. The van der Waals surface area contributed by atoms with E-state index in [0.29, 0.717) is 17.4 Å². The lowest BCUT2D eigenvalue weighted by atomic mass is 10.0. The first-order chi connectivity index (χ1) is 14.0. The van der Waals surface area contributed by atoms with E-state index in [9.17, 15) is 4.79 Å². The summed E-state index contributed by atoms with van der Waals surface area (Å²) in [6.45, 7) is 3.99. The number of hydrogen-bond donors (Lipinski definition) is 2. The first kappa shape index (κ1) is 19.2. The van der Waals surface area contributed by atoms with Crippen LogP contribution in [0, 0.1) is 5.92 Å². The predicted molar refractivity (Wildman–Crippen MR) is 116 cm³/mol. The first-order valence-corrected chi connectivity index (χ1v) is 9.94. The highest BCUT2D eigenvalue weighted by atomic mass is 35.5. The molecule has 1 amide bonds. The van der Waals surface area contributed by atoms with Gasteiger partial charge in [0.2, 0.25) is 11.9 Å². The average molecular weight is 408 g/mol. The molecule has 4 rings (SSSR count). The van der Waals surface area contributed by atoms with Crippen molar-refractivity contribution in [1.82, 2.24) is 14.8 Å². The van der Waals surface area contributed by atoms with Crippen molar-refractivity contribution in [3.8, 4) is 0 Å². The highest BCUT2D eigenvalue weighted by molar-refractivity contribution is 6.31. The summed E-state index contributed by atoms with van der Waals surface area (Å²) in [6, 6.07) is 17.4. The number of anilines is 2. The summed E-state index contributed by atoms with van der Waals surface area (Å²) in [5, 5.41) is 11.3. The van der Waals surface area contributed by atoms with E-state index in [1.54, 1.807) is 4.68 Å². The van der Waals surface area contributed by atoms with Gasteiger partial charge in [0.1, 0.15) is 6.04 Å². The lowest BCUT2D eigenvalue weighted by molar-refractivity contribution is -0.116. The minimum absolute atomic E-state index is 0.103. The molecule has 0 bridgehead atoms.